The van der Waals surface area contributed by atoms with Gasteiger partial charge in [0.25, 0.3) is 5.91 Å². The highest BCUT2D eigenvalue weighted by Crippen LogP contribution is 2.16. The zero-order valence-electron chi connectivity index (χ0n) is 15.5. The lowest BCUT2D eigenvalue weighted by Gasteiger charge is -2.37. The molecule has 144 valence electrons. The number of thiazole rings is 1. The summed E-state index contributed by atoms with van der Waals surface area (Å²) in [6.45, 7) is 5.80. The molecule has 1 atom stereocenters. The highest BCUT2D eigenvalue weighted by Gasteiger charge is 2.27. The third-order valence-electron chi connectivity index (χ3n) is 4.63. The summed E-state index contributed by atoms with van der Waals surface area (Å²) < 4.78 is 6.61. The quantitative estimate of drug-likeness (QED) is 0.725. The molecule has 0 saturated carbocycles. The number of hydrogen-bond acceptors (Lipinski definition) is 6. The molecule has 27 heavy (non-hydrogen) atoms. The van der Waals surface area contributed by atoms with Crippen LogP contribution in [0.25, 0.3) is 0 Å². The number of hydrogen-bond donors (Lipinski definition) is 0. The first-order valence-corrected chi connectivity index (χ1v) is 9.77. The van der Waals surface area contributed by atoms with Gasteiger partial charge in [-0.1, -0.05) is 29.5 Å². The number of nitrogens with zero attached hydrogens (tertiary/aromatic N) is 3. The van der Waals surface area contributed by atoms with Gasteiger partial charge in [-0.15, -0.1) is 0 Å². The number of carbonyl (C=O) groups is 2. The maximum absolute atomic E-state index is 12.6. The molecule has 0 spiro atoms. The van der Waals surface area contributed by atoms with Crippen LogP contribution in [0.15, 0.2) is 40.5 Å². The Morgan fingerprint density at radius 3 is 2.41 bits per heavy atom. The first-order valence-electron chi connectivity index (χ1n) is 8.89. The fourth-order valence-electron chi connectivity index (χ4n) is 3.09. The summed E-state index contributed by atoms with van der Waals surface area (Å²) in [7, 11) is 0. The zero-order chi connectivity index (χ0) is 19.4. The highest BCUT2D eigenvalue weighted by molar-refractivity contribution is 7.07. The minimum Gasteiger partial charge on any atom is -0.451 e. The van der Waals surface area contributed by atoms with Gasteiger partial charge in [0.2, 0.25) is 0 Å². The molecule has 0 N–H and O–H groups in total. The number of amides is 1. The maximum atomic E-state index is 12.6. The van der Waals surface area contributed by atoms with Gasteiger partial charge in [-0.25, -0.2) is 0 Å². The van der Waals surface area contributed by atoms with Gasteiger partial charge in [0, 0.05) is 42.9 Å². The van der Waals surface area contributed by atoms with Gasteiger partial charge < -0.3 is 14.5 Å². The Balaban J connectivity index is 1.51. The third-order valence-corrected chi connectivity index (χ3v) is 5.51. The lowest BCUT2D eigenvalue weighted by Crippen LogP contribution is -2.51. The first kappa shape index (κ1) is 19.2. The Bertz CT molecular complexity index is 853. The van der Waals surface area contributed by atoms with Crippen LogP contribution in [0.5, 0.6) is 0 Å². The van der Waals surface area contributed by atoms with Crippen LogP contribution in [-0.4, -0.2) is 53.6 Å². The Kier molecular flexibility index (Phi) is 5.95. The Labute approximate surface area is 161 Å². The molecule has 3 rings (SSSR count). The predicted molar refractivity (Wildman–Crippen MR) is 104 cm³/mol. The number of aryl methyl sites for hydroxylation is 1. The molecule has 1 aromatic carbocycles. The maximum Gasteiger partial charge on any atom is 0.326 e. The van der Waals surface area contributed by atoms with Crippen molar-refractivity contribution in [2.45, 2.75) is 26.5 Å². The van der Waals surface area contributed by atoms with E-state index in [1.165, 1.54) is 4.57 Å². The standard InChI is InChI=1S/C19H23N3O4S/c1-14-13-27-19(25)22(14)12-17(23)26-15(2)18(24)21-10-8-20(9-11-21)16-6-4-3-5-7-16/h3-7,13,15H,8-12H2,1-2H3/t15-/m0/s1. The number of rotatable bonds is 5. The fourth-order valence-corrected chi connectivity index (χ4v) is 3.83. The van der Waals surface area contributed by atoms with Crippen molar-refractivity contribution in [3.05, 3.63) is 51.1 Å². The topological polar surface area (TPSA) is 71.8 Å². The van der Waals surface area contributed by atoms with Crippen molar-refractivity contribution in [2.75, 3.05) is 31.1 Å². The molecule has 2 heterocycles. The zero-order valence-corrected chi connectivity index (χ0v) is 16.3. The molecule has 0 aliphatic carbocycles. The van der Waals surface area contributed by atoms with Crippen molar-refractivity contribution in [3.63, 3.8) is 0 Å². The Morgan fingerprint density at radius 2 is 1.81 bits per heavy atom. The molecule has 7 nitrogen and oxygen atoms in total. The summed E-state index contributed by atoms with van der Waals surface area (Å²) in [6.07, 6.45) is -0.865. The average Bonchev–Trinajstić information content (AvgIpc) is 3.00. The Hall–Kier alpha value is -2.61. The van der Waals surface area contributed by atoms with Crippen molar-refractivity contribution >= 4 is 28.9 Å². The summed E-state index contributed by atoms with van der Waals surface area (Å²) in [6, 6.07) is 10.1. The van der Waals surface area contributed by atoms with Gasteiger partial charge in [-0.3, -0.25) is 19.0 Å². The number of anilines is 1. The van der Waals surface area contributed by atoms with Gasteiger partial charge in [0.05, 0.1) is 0 Å². The van der Waals surface area contributed by atoms with E-state index in [0.29, 0.717) is 18.8 Å². The molecule has 0 bridgehead atoms. The van der Waals surface area contributed by atoms with Crippen molar-refractivity contribution in [1.82, 2.24) is 9.47 Å². The van der Waals surface area contributed by atoms with Gasteiger partial charge >= 0.3 is 10.8 Å². The van der Waals surface area contributed by atoms with Crippen LogP contribution in [-0.2, 0) is 20.9 Å². The minimum atomic E-state index is -0.865. The molecule has 1 amide bonds. The SMILES string of the molecule is Cc1csc(=O)n1CC(=O)O[C@@H](C)C(=O)N1CCN(c2ccccc2)CC1. The third kappa shape index (κ3) is 4.57. The molecule has 8 heteroatoms. The summed E-state index contributed by atoms with van der Waals surface area (Å²) in [5.74, 6) is -0.784. The average molecular weight is 389 g/mol. The van der Waals surface area contributed by atoms with E-state index in [-0.39, 0.29) is 17.3 Å². The summed E-state index contributed by atoms with van der Waals surface area (Å²) >= 11 is 1.04. The number of aromatic nitrogens is 1. The van der Waals surface area contributed by atoms with Crippen molar-refractivity contribution in [2.24, 2.45) is 0 Å². The van der Waals surface area contributed by atoms with Crippen LogP contribution < -0.4 is 9.77 Å². The number of benzene rings is 1. The molecule has 1 aliphatic heterocycles. The number of esters is 1. The Morgan fingerprint density at radius 1 is 1.15 bits per heavy atom. The van der Waals surface area contributed by atoms with Crippen LogP contribution in [0, 0.1) is 6.92 Å². The molecule has 1 fully saturated rings. The predicted octanol–water partition coefficient (Wildman–Crippen LogP) is 1.50. The number of piperazine rings is 1. The molecule has 0 radical (unpaired) electrons. The van der Waals surface area contributed by atoms with Gasteiger partial charge in [0.15, 0.2) is 6.10 Å². The summed E-state index contributed by atoms with van der Waals surface area (Å²) in [5.41, 5.74) is 1.85. The van der Waals surface area contributed by atoms with Crippen molar-refractivity contribution < 1.29 is 14.3 Å². The molecule has 1 saturated heterocycles. The molecule has 2 aromatic rings. The molecular formula is C19H23N3O4S. The van der Waals surface area contributed by atoms with Gasteiger partial charge in [0.1, 0.15) is 6.54 Å². The molecule has 0 unspecified atom stereocenters. The largest absolute Gasteiger partial charge is 0.451 e. The summed E-state index contributed by atoms with van der Waals surface area (Å²) in [4.78, 5) is 40.1. The number of para-hydroxylation sites is 1. The normalized spacial score (nSPS) is 15.5. The second-order valence-electron chi connectivity index (χ2n) is 6.51. The van der Waals surface area contributed by atoms with Crippen LogP contribution >= 0.6 is 11.3 Å². The second-order valence-corrected chi connectivity index (χ2v) is 7.33. The lowest BCUT2D eigenvalue weighted by molar-refractivity contribution is -0.159. The van der Waals surface area contributed by atoms with E-state index in [1.54, 1.807) is 24.1 Å². The lowest BCUT2D eigenvalue weighted by atomic mass is 10.2. The van der Waals surface area contributed by atoms with E-state index in [1.807, 2.05) is 18.2 Å². The van der Waals surface area contributed by atoms with E-state index >= 15 is 0 Å². The van der Waals surface area contributed by atoms with E-state index in [2.05, 4.69) is 17.0 Å². The van der Waals surface area contributed by atoms with Crippen LogP contribution in [0.2, 0.25) is 0 Å². The van der Waals surface area contributed by atoms with Crippen LogP contribution in [0.4, 0.5) is 5.69 Å². The number of carbonyl (C=O) groups excluding carboxylic acids is 2. The number of ether oxygens (including phenoxy) is 1. The molecule has 1 aliphatic rings. The van der Waals surface area contributed by atoms with E-state index in [0.717, 1.165) is 30.1 Å². The highest BCUT2D eigenvalue weighted by atomic mass is 32.1. The van der Waals surface area contributed by atoms with Gasteiger partial charge in [-0.2, -0.15) is 0 Å². The van der Waals surface area contributed by atoms with E-state index in [9.17, 15) is 14.4 Å². The van der Waals surface area contributed by atoms with E-state index in [4.69, 9.17) is 4.74 Å². The fraction of sp³-hybridized carbons (Fsp3) is 0.421. The van der Waals surface area contributed by atoms with E-state index < -0.39 is 12.1 Å². The van der Waals surface area contributed by atoms with Crippen LogP contribution in [0.1, 0.15) is 12.6 Å². The van der Waals surface area contributed by atoms with Gasteiger partial charge in [-0.05, 0) is 26.0 Å². The monoisotopic (exact) mass is 389 g/mol. The van der Waals surface area contributed by atoms with Crippen molar-refractivity contribution in [1.29, 1.82) is 0 Å². The van der Waals surface area contributed by atoms with Crippen molar-refractivity contribution in [3.8, 4) is 0 Å². The minimum absolute atomic E-state index is 0.173. The second kappa shape index (κ2) is 8.39. The molecular weight excluding hydrogens is 366 g/mol. The van der Waals surface area contributed by atoms with Crippen LogP contribution in [0.3, 0.4) is 0 Å². The first-order chi connectivity index (χ1) is 13.0. The summed E-state index contributed by atoms with van der Waals surface area (Å²) in [5, 5.41) is 1.69. The smallest absolute Gasteiger partial charge is 0.326 e. The molecule has 1 aromatic heterocycles.